The number of piperidine rings is 1. The average Bonchev–Trinajstić information content (AvgIpc) is 3.28. The van der Waals surface area contributed by atoms with Crippen molar-refractivity contribution in [2.75, 3.05) is 13.1 Å². The van der Waals surface area contributed by atoms with E-state index in [9.17, 15) is 17.6 Å². The molecule has 1 unspecified atom stereocenters. The molecule has 2 aromatic carbocycles. The third-order valence-corrected chi connectivity index (χ3v) is 7.97. The quantitative estimate of drug-likeness (QED) is 0.583. The van der Waals surface area contributed by atoms with Crippen molar-refractivity contribution in [2.45, 2.75) is 23.8 Å². The SMILES string of the molecule is Cn1ccnc1C(NC(=O)C1CCN(S(=O)(=O)c2ccc(C#N)cc2)CC1)c1ccc(F)cc1. The molecule has 4 rings (SSSR count). The maximum atomic E-state index is 13.4. The Kier molecular flexibility index (Phi) is 6.77. The van der Waals surface area contributed by atoms with E-state index in [0.717, 1.165) is 0 Å². The standard InChI is InChI=1S/C24H24FN5O3S/c1-29-15-12-27-23(29)22(18-4-6-20(25)7-5-18)28-24(31)19-10-13-30(14-11-19)34(32,33)21-8-2-17(16-26)3-9-21/h2-9,12,15,19,22H,10-11,13-14H2,1H3,(H,28,31). The summed E-state index contributed by atoms with van der Waals surface area (Å²) in [6.45, 7) is 0.425. The number of carbonyl (C=O) groups is 1. The monoisotopic (exact) mass is 481 g/mol. The van der Waals surface area contributed by atoms with Crippen LogP contribution in [0.3, 0.4) is 0 Å². The zero-order valence-electron chi connectivity index (χ0n) is 18.6. The number of nitrogens with one attached hydrogen (secondary N) is 1. The van der Waals surface area contributed by atoms with Crippen molar-refractivity contribution in [3.63, 3.8) is 0 Å². The molecule has 34 heavy (non-hydrogen) atoms. The molecule has 1 saturated heterocycles. The summed E-state index contributed by atoms with van der Waals surface area (Å²) in [5.74, 6) is -0.325. The lowest BCUT2D eigenvalue weighted by molar-refractivity contribution is -0.126. The summed E-state index contributed by atoms with van der Waals surface area (Å²) in [5, 5.41) is 11.9. The summed E-state index contributed by atoms with van der Waals surface area (Å²) in [5.41, 5.74) is 1.09. The summed E-state index contributed by atoms with van der Waals surface area (Å²) < 4.78 is 42.5. The number of imidazole rings is 1. The van der Waals surface area contributed by atoms with E-state index in [0.29, 0.717) is 29.8 Å². The van der Waals surface area contributed by atoms with Gasteiger partial charge in [-0.15, -0.1) is 0 Å². The van der Waals surface area contributed by atoms with Crippen molar-refractivity contribution in [3.05, 3.63) is 83.7 Å². The van der Waals surface area contributed by atoms with Crippen LogP contribution in [0.15, 0.2) is 65.8 Å². The lowest BCUT2D eigenvalue weighted by Crippen LogP contribution is -2.44. The Morgan fingerprint density at radius 1 is 1.15 bits per heavy atom. The molecule has 0 saturated carbocycles. The van der Waals surface area contributed by atoms with Crippen LogP contribution in [-0.4, -0.2) is 41.3 Å². The Hall–Kier alpha value is -3.55. The molecule has 2 heterocycles. The van der Waals surface area contributed by atoms with E-state index in [1.54, 1.807) is 29.1 Å². The number of sulfonamides is 1. The number of rotatable bonds is 6. The van der Waals surface area contributed by atoms with Crippen molar-refractivity contribution in [1.29, 1.82) is 5.26 Å². The highest BCUT2D eigenvalue weighted by Crippen LogP contribution is 2.26. The number of carbonyl (C=O) groups excluding carboxylic acids is 1. The van der Waals surface area contributed by atoms with Gasteiger partial charge in [-0.3, -0.25) is 4.79 Å². The van der Waals surface area contributed by atoms with E-state index in [1.165, 1.54) is 40.7 Å². The molecule has 1 aromatic heterocycles. The molecule has 0 aliphatic carbocycles. The normalized spacial score (nSPS) is 16.0. The van der Waals surface area contributed by atoms with Crippen LogP contribution in [0.2, 0.25) is 0 Å². The Balaban J connectivity index is 1.45. The highest BCUT2D eigenvalue weighted by atomic mass is 32.2. The average molecular weight is 482 g/mol. The molecular weight excluding hydrogens is 457 g/mol. The van der Waals surface area contributed by atoms with Gasteiger partial charge in [-0.1, -0.05) is 12.1 Å². The maximum absolute atomic E-state index is 13.4. The van der Waals surface area contributed by atoms with Crippen LogP contribution < -0.4 is 5.32 Å². The van der Waals surface area contributed by atoms with Crippen LogP contribution in [0, 0.1) is 23.1 Å². The predicted octanol–water partition coefficient (Wildman–Crippen LogP) is 2.74. The molecule has 0 bridgehead atoms. The van der Waals surface area contributed by atoms with Gasteiger partial charge in [0.15, 0.2) is 0 Å². The van der Waals surface area contributed by atoms with Crippen LogP contribution in [0.5, 0.6) is 0 Å². The summed E-state index contributed by atoms with van der Waals surface area (Å²) in [4.78, 5) is 17.6. The van der Waals surface area contributed by atoms with E-state index >= 15 is 0 Å². The van der Waals surface area contributed by atoms with Crippen molar-refractivity contribution >= 4 is 15.9 Å². The van der Waals surface area contributed by atoms with Crippen LogP contribution in [0.1, 0.15) is 35.8 Å². The number of amides is 1. The third-order valence-electron chi connectivity index (χ3n) is 6.05. The number of nitrogens with zero attached hydrogens (tertiary/aromatic N) is 4. The van der Waals surface area contributed by atoms with Crippen LogP contribution in [-0.2, 0) is 21.9 Å². The Morgan fingerprint density at radius 3 is 2.35 bits per heavy atom. The molecule has 1 aliphatic heterocycles. The topological polar surface area (TPSA) is 108 Å². The summed E-state index contributed by atoms with van der Waals surface area (Å²) in [6.07, 6.45) is 4.14. The highest BCUT2D eigenvalue weighted by Gasteiger charge is 2.33. The highest BCUT2D eigenvalue weighted by molar-refractivity contribution is 7.89. The minimum Gasteiger partial charge on any atom is -0.342 e. The van der Waals surface area contributed by atoms with E-state index in [2.05, 4.69) is 10.3 Å². The number of nitriles is 1. The number of aromatic nitrogens is 2. The lowest BCUT2D eigenvalue weighted by Gasteiger charge is -2.31. The van der Waals surface area contributed by atoms with Crippen LogP contribution >= 0.6 is 0 Å². The molecule has 0 radical (unpaired) electrons. The first-order valence-corrected chi connectivity index (χ1v) is 12.3. The lowest BCUT2D eigenvalue weighted by atomic mass is 9.96. The number of benzene rings is 2. The van der Waals surface area contributed by atoms with Gasteiger partial charge in [0.05, 0.1) is 16.5 Å². The number of aryl methyl sites for hydroxylation is 1. The molecule has 1 aliphatic rings. The van der Waals surface area contributed by atoms with Gasteiger partial charge in [0.2, 0.25) is 15.9 Å². The van der Waals surface area contributed by atoms with Gasteiger partial charge in [-0.2, -0.15) is 9.57 Å². The fraction of sp³-hybridized carbons (Fsp3) is 0.292. The van der Waals surface area contributed by atoms with Crippen molar-refractivity contribution in [1.82, 2.24) is 19.2 Å². The van der Waals surface area contributed by atoms with Gasteiger partial charge in [0.1, 0.15) is 17.7 Å². The first kappa shape index (κ1) is 23.6. The zero-order chi connectivity index (χ0) is 24.3. The van der Waals surface area contributed by atoms with E-state index in [4.69, 9.17) is 5.26 Å². The largest absolute Gasteiger partial charge is 0.342 e. The summed E-state index contributed by atoms with van der Waals surface area (Å²) >= 11 is 0. The molecule has 8 nitrogen and oxygen atoms in total. The molecule has 3 aromatic rings. The minimum absolute atomic E-state index is 0.126. The smallest absolute Gasteiger partial charge is 0.243 e. The second kappa shape index (κ2) is 9.75. The molecule has 1 amide bonds. The van der Waals surface area contributed by atoms with Crippen molar-refractivity contribution in [3.8, 4) is 6.07 Å². The zero-order valence-corrected chi connectivity index (χ0v) is 19.4. The van der Waals surface area contributed by atoms with Gasteiger partial charge in [0, 0.05) is 38.4 Å². The molecule has 1 N–H and O–H groups in total. The Morgan fingerprint density at radius 2 is 1.79 bits per heavy atom. The first-order chi connectivity index (χ1) is 16.3. The molecule has 10 heteroatoms. The van der Waals surface area contributed by atoms with Crippen molar-refractivity contribution < 1.29 is 17.6 Å². The number of hydrogen-bond acceptors (Lipinski definition) is 5. The summed E-state index contributed by atoms with van der Waals surface area (Å²) in [7, 11) is -1.89. The molecule has 1 atom stereocenters. The molecule has 176 valence electrons. The third kappa shape index (κ3) is 4.85. The Bertz CT molecular complexity index is 1310. The minimum atomic E-state index is -3.70. The fourth-order valence-electron chi connectivity index (χ4n) is 4.08. The van der Waals surface area contributed by atoms with E-state index in [-0.39, 0.29) is 35.6 Å². The molecule has 1 fully saturated rings. The van der Waals surface area contributed by atoms with Crippen molar-refractivity contribution in [2.24, 2.45) is 13.0 Å². The first-order valence-electron chi connectivity index (χ1n) is 10.8. The van der Waals surface area contributed by atoms with Crippen LogP contribution in [0.4, 0.5) is 4.39 Å². The van der Waals surface area contributed by atoms with E-state index < -0.39 is 16.1 Å². The van der Waals surface area contributed by atoms with Gasteiger partial charge < -0.3 is 9.88 Å². The number of halogens is 1. The fourth-order valence-corrected chi connectivity index (χ4v) is 5.55. The predicted molar refractivity (Wildman–Crippen MR) is 122 cm³/mol. The van der Waals surface area contributed by atoms with Gasteiger partial charge in [0.25, 0.3) is 0 Å². The molecular formula is C24H24FN5O3S. The van der Waals surface area contributed by atoms with Crippen LogP contribution in [0.25, 0.3) is 0 Å². The number of hydrogen-bond donors (Lipinski definition) is 1. The second-order valence-corrected chi connectivity index (χ2v) is 10.1. The maximum Gasteiger partial charge on any atom is 0.243 e. The summed E-state index contributed by atoms with van der Waals surface area (Å²) in [6, 6.07) is 13.1. The molecule has 0 spiro atoms. The second-order valence-electron chi connectivity index (χ2n) is 8.20. The van der Waals surface area contributed by atoms with Gasteiger partial charge in [-0.05, 0) is 54.8 Å². The van der Waals surface area contributed by atoms with Gasteiger partial charge in [-0.25, -0.2) is 17.8 Å². The Labute approximate surface area is 197 Å². The van der Waals surface area contributed by atoms with Gasteiger partial charge >= 0.3 is 0 Å². The van der Waals surface area contributed by atoms with E-state index in [1.807, 2.05) is 13.1 Å².